The van der Waals surface area contributed by atoms with Crippen LogP contribution in [0.25, 0.3) is 22.5 Å². The molecule has 0 saturated carbocycles. The number of aromatic amines is 1. The van der Waals surface area contributed by atoms with E-state index in [0.29, 0.717) is 18.7 Å². The molecule has 0 unspecified atom stereocenters. The van der Waals surface area contributed by atoms with Crippen LogP contribution in [0.2, 0.25) is 0 Å². The monoisotopic (exact) mass is 453 g/mol. The molecular formula is C28H27N3O3. The average Bonchev–Trinajstić information content (AvgIpc) is 3.32. The minimum Gasteiger partial charge on any atom is -0.497 e. The van der Waals surface area contributed by atoms with Crippen molar-refractivity contribution in [3.8, 4) is 34.0 Å². The van der Waals surface area contributed by atoms with Crippen LogP contribution in [0.3, 0.4) is 0 Å². The molecule has 4 aromatic rings. The third kappa shape index (κ3) is 4.15. The first-order valence-corrected chi connectivity index (χ1v) is 11.5. The Morgan fingerprint density at radius 2 is 1.88 bits per heavy atom. The Balaban J connectivity index is 1.32. The molecule has 3 aromatic carbocycles. The molecule has 0 fully saturated rings. The summed E-state index contributed by atoms with van der Waals surface area (Å²) < 4.78 is 11.0. The van der Waals surface area contributed by atoms with Gasteiger partial charge in [-0.2, -0.15) is 5.10 Å². The maximum absolute atomic E-state index is 12.7. The number of carbonyl (C=O) groups is 1. The lowest BCUT2D eigenvalue weighted by Crippen LogP contribution is -2.23. The SMILES string of the molecule is CCOc1ccccc1CNC(=O)c1ccc(-c2n[nH]c3c2CCc2cc(OC)ccc2-3)cc1. The molecule has 1 aliphatic rings. The molecule has 0 atom stereocenters. The first-order valence-electron chi connectivity index (χ1n) is 11.5. The van der Waals surface area contributed by atoms with E-state index in [1.807, 2.05) is 61.5 Å². The van der Waals surface area contributed by atoms with Crippen molar-refractivity contribution in [1.29, 1.82) is 0 Å². The van der Waals surface area contributed by atoms with Crippen molar-refractivity contribution < 1.29 is 14.3 Å². The summed E-state index contributed by atoms with van der Waals surface area (Å²) in [6.45, 7) is 2.94. The van der Waals surface area contributed by atoms with E-state index in [-0.39, 0.29) is 5.91 Å². The Morgan fingerprint density at radius 1 is 1.06 bits per heavy atom. The lowest BCUT2D eigenvalue weighted by atomic mass is 9.87. The van der Waals surface area contributed by atoms with Crippen molar-refractivity contribution >= 4 is 5.91 Å². The summed E-state index contributed by atoms with van der Waals surface area (Å²) in [5.41, 5.74) is 8.21. The summed E-state index contributed by atoms with van der Waals surface area (Å²) in [6, 6.07) is 21.5. The maximum Gasteiger partial charge on any atom is 0.251 e. The second-order valence-corrected chi connectivity index (χ2v) is 8.25. The van der Waals surface area contributed by atoms with Crippen LogP contribution in [0.15, 0.2) is 66.7 Å². The van der Waals surface area contributed by atoms with Gasteiger partial charge in [-0.3, -0.25) is 9.89 Å². The van der Waals surface area contributed by atoms with E-state index in [4.69, 9.17) is 9.47 Å². The smallest absolute Gasteiger partial charge is 0.251 e. The third-order valence-electron chi connectivity index (χ3n) is 6.23. The highest BCUT2D eigenvalue weighted by Gasteiger charge is 2.23. The van der Waals surface area contributed by atoms with Gasteiger partial charge in [-0.15, -0.1) is 0 Å². The fourth-order valence-corrected chi connectivity index (χ4v) is 4.48. The zero-order chi connectivity index (χ0) is 23.5. The molecule has 0 bridgehead atoms. The Labute approximate surface area is 198 Å². The molecule has 6 nitrogen and oxygen atoms in total. The van der Waals surface area contributed by atoms with Gasteiger partial charge < -0.3 is 14.8 Å². The number of H-pyrrole nitrogens is 1. The molecular weight excluding hydrogens is 426 g/mol. The fourth-order valence-electron chi connectivity index (χ4n) is 4.48. The summed E-state index contributed by atoms with van der Waals surface area (Å²) in [4.78, 5) is 12.7. The minimum atomic E-state index is -0.121. The van der Waals surface area contributed by atoms with Gasteiger partial charge in [0.05, 0.1) is 25.1 Å². The highest BCUT2D eigenvalue weighted by atomic mass is 16.5. The first-order chi connectivity index (χ1) is 16.7. The van der Waals surface area contributed by atoms with E-state index in [1.54, 1.807) is 7.11 Å². The van der Waals surface area contributed by atoms with Crippen LogP contribution in [0.1, 0.15) is 34.0 Å². The summed E-state index contributed by atoms with van der Waals surface area (Å²) in [5, 5.41) is 10.8. The molecule has 1 heterocycles. The summed E-state index contributed by atoms with van der Waals surface area (Å²) in [6.07, 6.45) is 1.85. The molecule has 1 aromatic heterocycles. The Morgan fingerprint density at radius 3 is 2.68 bits per heavy atom. The molecule has 2 N–H and O–H groups in total. The number of carbonyl (C=O) groups excluding carboxylic acids is 1. The Hall–Kier alpha value is -4.06. The minimum absolute atomic E-state index is 0.121. The number of ether oxygens (including phenoxy) is 2. The van der Waals surface area contributed by atoms with E-state index in [1.165, 1.54) is 16.7 Å². The van der Waals surface area contributed by atoms with Crippen LogP contribution >= 0.6 is 0 Å². The Kier molecular flexibility index (Phi) is 6.04. The van der Waals surface area contributed by atoms with E-state index in [0.717, 1.165) is 46.9 Å². The van der Waals surface area contributed by atoms with Crippen molar-refractivity contribution in [2.24, 2.45) is 0 Å². The van der Waals surface area contributed by atoms with Crippen LogP contribution in [-0.2, 0) is 19.4 Å². The number of amides is 1. The van der Waals surface area contributed by atoms with Gasteiger partial charge in [0.1, 0.15) is 11.5 Å². The zero-order valence-corrected chi connectivity index (χ0v) is 19.4. The molecule has 172 valence electrons. The number of hydrogen-bond donors (Lipinski definition) is 2. The van der Waals surface area contributed by atoms with Gasteiger partial charge in [0.15, 0.2) is 0 Å². The molecule has 34 heavy (non-hydrogen) atoms. The lowest BCUT2D eigenvalue weighted by molar-refractivity contribution is 0.0950. The molecule has 0 spiro atoms. The number of fused-ring (bicyclic) bond motifs is 3. The number of benzene rings is 3. The average molecular weight is 454 g/mol. The van der Waals surface area contributed by atoms with E-state index in [2.05, 4.69) is 27.6 Å². The predicted molar refractivity (Wildman–Crippen MR) is 132 cm³/mol. The topological polar surface area (TPSA) is 76.2 Å². The molecule has 1 aliphatic carbocycles. The summed E-state index contributed by atoms with van der Waals surface area (Å²) in [7, 11) is 1.69. The molecule has 0 radical (unpaired) electrons. The zero-order valence-electron chi connectivity index (χ0n) is 19.4. The van der Waals surface area contributed by atoms with Crippen molar-refractivity contribution in [3.05, 3.63) is 89.0 Å². The normalized spacial score (nSPS) is 11.9. The van der Waals surface area contributed by atoms with Crippen LogP contribution < -0.4 is 14.8 Å². The third-order valence-corrected chi connectivity index (χ3v) is 6.23. The van der Waals surface area contributed by atoms with Gasteiger partial charge in [0.25, 0.3) is 5.91 Å². The van der Waals surface area contributed by atoms with Crippen LogP contribution in [-0.4, -0.2) is 29.8 Å². The highest BCUT2D eigenvalue weighted by molar-refractivity contribution is 5.94. The molecule has 0 aliphatic heterocycles. The van der Waals surface area contributed by atoms with E-state index < -0.39 is 0 Å². The second kappa shape index (κ2) is 9.43. The van der Waals surface area contributed by atoms with Gasteiger partial charge in [-0.1, -0.05) is 30.3 Å². The number of rotatable bonds is 7. The molecule has 0 saturated heterocycles. The van der Waals surface area contributed by atoms with Gasteiger partial charge in [0.2, 0.25) is 0 Å². The predicted octanol–water partition coefficient (Wildman–Crippen LogP) is 5.18. The molecule has 6 heteroatoms. The number of aryl methyl sites for hydroxylation is 1. The number of methoxy groups -OCH3 is 1. The second-order valence-electron chi connectivity index (χ2n) is 8.25. The van der Waals surface area contributed by atoms with Crippen molar-refractivity contribution in [3.63, 3.8) is 0 Å². The standard InChI is InChI=1S/C28H27N3O3/c1-3-34-25-7-5-4-6-21(25)17-29-28(32)19-10-8-18(9-11-19)26-24-14-12-20-16-22(33-2)13-15-23(20)27(24)31-30-26/h4-11,13,15-16H,3,12,14,17H2,1-2H3,(H,29,32)(H,30,31). The highest BCUT2D eigenvalue weighted by Crippen LogP contribution is 2.38. The van der Waals surface area contributed by atoms with E-state index >= 15 is 0 Å². The van der Waals surface area contributed by atoms with Crippen LogP contribution in [0, 0.1) is 0 Å². The van der Waals surface area contributed by atoms with Gasteiger partial charge in [-0.25, -0.2) is 0 Å². The van der Waals surface area contributed by atoms with Crippen molar-refractivity contribution in [2.75, 3.05) is 13.7 Å². The number of para-hydroxylation sites is 1. The lowest BCUT2D eigenvalue weighted by Gasteiger charge is -2.17. The van der Waals surface area contributed by atoms with E-state index in [9.17, 15) is 4.79 Å². The quantitative estimate of drug-likeness (QED) is 0.404. The molecule has 1 amide bonds. The van der Waals surface area contributed by atoms with Crippen molar-refractivity contribution in [1.82, 2.24) is 15.5 Å². The fraction of sp³-hybridized carbons (Fsp3) is 0.214. The number of aromatic nitrogens is 2. The summed E-state index contributed by atoms with van der Waals surface area (Å²) >= 11 is 0. The number of nitrogens with zero attached hydrogens (tertiary/aromatic N) is 1. The van der Waals surface area contributed by atoms with Gasteiger partial charge in [0, 0.05) is 34.4 Å². The van der Waals surface area contributed by atoms with Crippen LogP contribution in [0.4, 0.5) is 0 Å². The van der Waals surface area contributed by atoms with Gasteiger partial charge in [-0.05, 0) is 61.7 Å². The van der Waals surface area contributed by atoms with Crippen molar-refractivity contribution in [2.45, 2.75) is 26.3 Å². The van der Waals surface area contributed by atoms with Crippen LogP contribution in [0.5, 0.6) is 11.5 Å². The van der Waals surface area contributed by atoms with Gasteiger partial charge >= 0.3 is 0 Å². The first kappa shape index (κ1) is 21.8. The number of hydrogen-bond acceptors (Lipinski definition) is 4. The Bertz CT molecular complexity index is 1330. The maximum atomic E-state index is 12.7. The summed E-state index contributed by atoms with van der Waals surface area (Å²) in [5.74, 6) is 1.55. The number of nitrogens with one attached hydrogen (secondary N) is 2. The molecule has 5 rings (SSSR count). The largest absolute Gasteiger partial charge is 0.497 e.